The molecule has 10 nitrogen and oxygen atoms in total. The average Bonchev–Trinajstić information content (AvgIpc) is 2.96. The van der Waals surface area contributed by atoms with Gasteiger partial charge in [-0.2, -0.15) is 0 Å². The van der Waals surface area contributed by atoms with Crippen molar-refractivity contribution in [2.75, 3.05) is 33.4 Å². The summed E-state index contributed by atoms with van der Waals surface area (Å²) in [6, 6.07) is 6.45. The predicted octanol–water partition coefficient (Wildman–Crippen LogP) is 0.978. The van der Waals surface area contributed by atoms with Crippen molar-refractivity contribution in [3.8, 4) is 11.5 Å². The zero-order valence-electron chi connectivity index (χ0n) is 17.2. The molecule has 0 saturated carbocycles. The molecule has 1 aromatic carbocycles. The van der Waals surface area contributed by atoms with Gasteiger partial charge in [-0.3, -0.25) is 4.52 Å². The van der Waals surface area contributed by atoms with Crippen LogP contribution in [-0.4, -0.2) is 82.9 Å². The van der Waals surface area contributed by atoms with Crippen LogP contribution >= 0.6 is 7.82 Å². The molecule has 1 fully saturated rings. The molecule has 4 atom stereocenters. The molecule has 4 N–H and O–H groups in total. The lowest BCUT2D eigenvalue weighted by molar-refractivity contribution is -0.115. The van der Waals surface area contributed by atoms with Crippen LogP contribution in [0.15, 0.2) is 24.3 Å². The van der Waals surface area contributed by atoms with E-state index in [0.29, 0.717) is 11.5 Å². The predicted molar refractivity (Wildman–Crippen MR) is 106 cm³/mol. The van der Waals surface area contributed by atoms with Crippen molar-refractivity contribution in [1.29, 1.82) is 0 Å². The summed E-state index contributed by atoms with van der Waals surface area (Å²) in [7, 11) is -3.17. The first-order chi connectivity index (χ1) is 13.6. The number of hydrogen-bond acceptors (Lipinski definition) is 8. The first kappa shape index (κ1) is 25.8. The number of phosphoric acid groups is 1. The molecular weight excluding hydrogens is 405 g/mol. The van der Waals surface area contributed by atoms with Gasteiger partial charge in [0.1, 0.15) is 29.8 Å². The van der Waals surface area contributed by atoms with Gasteiger partial charge < -0.3 is 39.1 Å². The lowest BCUT2D eigenvalue weighted by Crippen LogP contribution is -2.35. The van der Waals surface area contributed by atoms with Crippen LogP contribution in [0.5, 0.6) is 11.5 Å². The zero-order valence-corrected chi connectivity index (χ0v) is 18.1. The molecule has 0 unspecified atom stereocenters. The first-order valence-corrected chi connectivity index (χ1v) is 10.9. The Morgan fingerprint density at radius 3 is 1.93 bits per heavy atom. The molecule has 0 aromatic heterocycles. The maximum Gasteiger partial charge on any atom is 0.469 e. The van der Waals surface area contributed by atoms with Gasteiger partial charge in [-0.1, -0.05) is 20.8 Å². The highest BCUT2D eigenvalue weighted by molar-refractivity contribution is 7.46. The van der Waals surface area contributed by atoms with Crippen molar-refractivity contribution in [2.24, 2.45) is 0 Å². The van der Waals surface area contributed by atoms with Crippen LogP contribution in [0.4, 0.5) is 0 Å². The molecule has 0 radical (unpaired) electrons. The summed E-state index contributed by atoms with van der Waals surface area (Å²) in [5.41, 5.74) is 0. The van der Waals surface area contributed by atoms with E-state index in [4.69, 9.17) is 24.0 Å². The third-order valence-corrected chi connectivity index (χ3v) is 4.86. The van der Waals surface area contributed by atoms with E-state index in [-0.39, 0.29) is 0 Å². The molecule has 1 aliphatic heterocycles. The van der Waals surface area contributed by atoms with Crippen LogP contribution in [0.25, 0.3) is 0 Å². The number of aliphatic hydroxyl groups excluding tert-OH is 2. The van der Waals surface area contributed by atoms with Gasteiger partial charge in [0, 0.05) is 0 Å². The van der Waals surface area contributed by atoms with E-state index in [1.54, 1.807) is 24.3 Å². The van der Waals surface area contributed by atoms with E-state index in [9.17, 15) is 14.8 Å². The Bertz CT molecular complexity index is 615. The minimum absolute atomic E-state index is 0.369. The quantitative estimate of drug-likeness (QED) is 0.414. The highest BCUT2D eigenvalue weighted by atomic mass is 31.2. The Labute approximate surface area is 171 Å². The minimum atomic E-state index is -4.69. The molecule has 1 heterocycles. The second-order valence-corrected chi connectivity index (χ2v) is 7.46. The van der Waals surface area contributed by atoms with Gasteiger partial charge in [0.15, 0.2) is 0 Å². The summed E-state index contributed by atoms with van der Waals surface area (Å²) in [6.45, 7) is 9.55. The number of ether oxygens (including phenoxy) is 3. The standard InChI is InChI=1S/C12H17O9P.C6H15N/c1-18-7-2-4-8(5-3-7)20-12-11(14)10(13)9(21-12)6-19-22(15,16)17;1-4-7(5-2)6-3/h2-5,9-14H,6H2,1H3,(H2,15,16,17);4-6H2,1-3H3/t9-,10-,11-,12-;/m1./s1. The van der Waals surface area contributed by atoms with Crippen molar-refractivity contribution in [3.63, 3.8) is 0 Å². The van der Waals surface area contributed by atoms with Crippen molar-refractivity contribution < 1.29 is 43.3 Å². The zero-order chi connectivity index (χ0) is 22.0. The number of rotatable bonds is 9. The highest BCUT2D eigenvalue weighted by Crippen LogP contribution is 2.37. The van der Waals surface area contributed by atoms with Crippen LogP contribution in [0, 0.1) is 0 Å². The maximum atomic E-state index is 10.6. The third-order valence-electron chi connectivity index (χ3n) is 4.38. The summed E-state index contributed by atoms with van der Waals surface area (Å²) < 4.78 is 30.5. The van der Waals surface area contributed by atoms with E-state index in [0.717, 1.165) is 0 Å². The first-order valence-electron chi connectivity index (χ1n) is 9.39. The monoisotopic (exact) mass is 437 g/mol. The van der Waals surface area contributed by atoms with E-state index in [1.807, 2.05) is 0 Å². The molecule has 1 saturated heterocycles. The lowest BCUT2D eigenvalue weighted by Gasteiger charge is -2.17. The van der Waals surface area contributed by atoms with Gasteiger partial charge in [0.25, 0.3) is 0 Å². The van der Waals surface area contributed by atoms with Crippen LogP contribution in [0.1, 0.15) is 20.8 Å². The molecule has 0 bridgehead atoms. The Morgan fingerprint density at radius 1 is 1.00 bits per heavy atom. The molecule has 29 heavy (non-hydrogen) atoms. The number of methoxy groups -OCH3 is 1. The van der Waals surface area contributed by atoms with Gasteiger partial charge in [-0.15, -0.1) is 0 Å². The molecule has 168 valence electrons. The van der Waals surface area contributed by atoms with Gasteiger partial charge >= 0.3 is 7.82 Å². The summed E-state index contributed by atoms with van der Waals surface area (Å²) in [4.78, 5) is 19.6. The summed E-state index contributed by atoms with van der Waals surface area (Å²) in [6.07, 6.45) is -5.08. The normalized spacial score (nSPS) is 24.2. The van der Waals surface area contributed by atoms with Crippen molar-refractivity contribution >= 4 is 7.82 Å². The second-order valence-electron chi connectivity index (χ2n) is 6.22. The van der Waals surface area contributed by atoms with Gasteiger partial charge in [-0.05, 0) is 43.9 Å². The van der Waals surface area contributed by atoms with Crippen LogP contribution in [0.3, 0.4) is 0 Å². The summed E-state index contributed by atoms with van der Waals surface area (Å²) in [5, 5.41) is 19.6. The fraction of sp³-hybridized carbons (Fsp3) is 0.667. The molecule has 0 spiro atoms. The number of phosphoric ester groups is 1. The second kappa shape index (κ2) is 12.5. The van der Waals surface area contributed by atoms with Crippen molar-refractivity contribution in [3.05, 3.63) is 24.3 Å². The molecule has 0 amide bonds. The third kappa shape index (κ3) is 8.98. The van der Waals surface area contributed by atoms with E-state index >= 15 is 0 Å². The molecule has 2 rings (SSSR count). The Balaban J connectivity index is 0.000000516. The summed E-state index contributed by atoms with van der Waals surface area (Å²) in [5.74, 6) is 0.988. The van der Waals surface area contributed by atoms with Crippen LogP contribution in [0.2, 0.25) is 0 Å². The maximum absolute atomic E-state index is 10.6. The molecule has 1 aliphatic rings. The van der Waals surface area contributed by atoms with Crippen LogP contribution < -0.4 is 9.47 Å². The molecular formula is C18H32NO9P. The van der Waals surface area contributed by atoms with Gasteiger partial charge in [-0.25, -0.2) is 4.57 Å². The van der Waals surface area contributed by atoms with Crippen LogP contribution in [-0.2, 0) is 13.8 Å². The number of aliphatic hydroxyl groups is 2. The van der Waals surface area contributed by atoms with Gasteiger partial charge in [0.2, 0.25) is 6.29 Å². The highest BCUT2D eigenvalue weighted by Gasteiger charge is 2.45. The number of benzene rings is 1. The number of hydrogen-bond donors (Lipinski definition) is 4. The van der Waals surface area contributed by atoms with Crippen molar-refractivity contribution in [2.45, 2.75) is 45.4 Å². The average molecular weight is 437 g/mol. The van der Waals surface area contributed by atoms with Gasteiger partial charge in [0.05, 0.1) is 13.7 Å². The SMILES string of the molecule is CCN(CC)CC.COc1ccc(O[C@@H]2O[C@H](COP(=O)(O)O)[C@@H](O)[C@H]2O)cc1. The largest absolute Gasteiger partial charge is 0.497 e. The van der Waals surface area contributed by atoms with E-state index < -0.39 is 39.0 Å². The Morgan fingerprint density at radius 2 is 1.52 bits per heavy atom. The lowest BCUT2D eigenvalue weighted by atomic mass is 10.1. The smallest absolute Gasteiger partial charge is 0.469 e. The van der Waals surface area contributed by atoms with E-state index in [1.165, 1.54) is 26.7 Å². The fourth-order valence-electron chi connectivity index (χ4n) is 2.58. The summed E-state index contributed by atoms with van der Waals surface area (Å²) >= 11 is 0. The Hall–Kier alpha value is -1.23. The molecule has 1 aromatic rings. The molecule has 11 heteroatoms. The minimum Gasteiger partial charge on any atom is -0.497 e. The fourth-order valence-corrected chi connectivity index (χ4v) is 2.92. The molecule has 0 aliphatic carbocycles. The Kier molecular flexibility index (Phi) is 11.1. The van der Waals surface area contributed by atoms with E-state index in [2.05, 4.69) is 30.2 Å². The number of nitrogens with zero attached hydrogens (tertiary/aromatic N) is 1. The van der Waals surface area contributed by atoms with Crippen molar-refractivity contribution in [1.82, 2.24) is 4.90 Å². The topological polar surface area (TPSA) is 138 Å².